The summed E-state index contributed by atoms with van der Waals surface area (Å²) < 4.78 is 0. The number of carbonyl (C=O) groups is 2. The summed E-state index contributed by atoms with van der Waals surface area (Å²) in [7, 11) is 0. The van der Waals surface area contributed by atoms with Crippen LogP contribution in [0, 0.1) is 13.8 Å². The molecule has 0 aliphatic carbocycles. The van der Waals surface area contributed by atoms with Gasteiger partial charge in [0.2, 0.25) is 5.91 Å². The number of quaternary nitrogens is 1. The topological polar surface area (TPSA) is 62.6 Å². The third kappa shape index (κ3) is 5.92. The predicted molar refractivity (Wildman–Crippen MR) is 111 cm³/mol. The maximum Gasteiger partial charge on any atom is 0.279 e. The first kappa shape index (κ1) is 20.1. The molecule has 28 heavy (non-hydrogen) atoms. The van der Waals surface area contributed by atoms with Gasteiger partial charge in [0.1, 0.15) is 0 Å². The van der Waals surface area contributed by atoms with Crippen molar-refractivity contribution in [2.75, 3.05) is 25.0 Å². The molecule has 0 saturated carbocycles. The largest absolute Gasteiger partial charge is 0.353 e. The van der Waals surface area contributed by atoms with E-state index in [0.717, 1.165) is 37.2 Å². The fourth-order valence-electron chi connectivity index (χ4n) is 3.66. The van der Waals surface area contributed by atoms with E-state index in [1.807, 2.05) is 55.5 Å². The molecule has 1 aliphatic heterocycles. The number of hydrogen-bond acceptors (Lipinski definition) is 2. The van der Waals surface area contributed by atoms with Gasteiger partial charge >= 0.3 is 0 Å². The van der Waals surface area contributed by atoms with E-state index in [4.69, 9.17) is 0 Å². The van der Waals surface area contributed by atoms with Gasteiger partial charge in [-0.3, -0.25) is 9.59 Å². The molecule has 0 atom stereocenters. The van der Waals surface area contributed by atoms with E-state index in [9.17, 15) is 9.59 Å². The molecule has 2 aromatic rings. The summed E-state index contributed by atoms with van der Waals surface area (Å²) >= 11 is 0. The van der Waals surface area contributed by atoms with E-state index in [2.05, 4.69) is 17.6 Å². The first-order chi connectivity index (χ1) is 13.5. The van der Waals surface area contributed by atoms with Gasteiger partial charge in [-0.2, -0.15) is 0 Å². The van der Waals surface area contributed by atoms with E-state index in [-0.39, 0.29) is 17.9 Å². The smallest absolute Gasteiger partial charge is 0.279 e. The average Bonchev–Trinajstić information content (AvgIpc) is 2.67. The summed E-state index contributed by atoms with van der Waals surface area (Å²) in [5, 5.41) is 6.14. The van der Waals surface area contributed by atoms with Crippen LogP contribution in [-0.2, 0) is 16.0 Å². The fraction of sp³-hybridized carbons (Fsp3) is 0.391. The van der Waals surface area contributed by atoms with Crippen LogP contribution in [0.5, 0.6) is 0 Å². The van der Waals surface area contributed by atoms with Crippen molar-refractivity contribution in [1.29, 1.82) is 0 Å². The van der Waals surface area contributed by atoms with Gasteiger partial charge in [0.15, 0.2) is 6.54 Å². The van der Waals surface area contributed by atoms with Gasteiger partial charge in [-0.25, -0.2) is 0 Å². The minimum absolute atomic E-state index is 0.0461. The van der Waals surface area contributed by atoms with Crippen LogP contribution in [0.2, 0.25) is 0 Å². The minimum Gasteiger partial charge on any atom is -0.353 e. The zero-order valence-corrected chi connectivity index (χ0v) is 16.8. The van der Waals surface area contributed by atoms with E-state index in [1.54, 1.807) is 0 Å². The number of carbonyl (C=O) groups excluding carboxylic acids is 2. The molecule has 5 nitrogen and oxygen atoms in total. The maximum atomic E-state index is 12.3. The number of rotatable bonds is 6. The zero-order chi connectivity index (χ0) is 19.9. The lowest BCUT2D eigenvalue weighted by Gasteiger charge is -2.29. The van der Waals surface area contributed by atoms with E-state index in [1.165, 1.54) is 16.0 Å². The summed E-state index contributed by atoms with van der Waals surface area (Å²) in [6, 6.07) is 16.0. The van der Waals surface area contributed by atoms with Crippen LogP contribution in [0.3, 0.4) is 0 Å². The van der Waals surface area contributed by atoms with Crippen LogP contribution >= 0.6 is 0 Å². The highest BCUT2D eigenvalue weighted by Gasteiger charge is 2.25. The van der Waals surface area contributed by atoms with Gasteiger partial charge in [-0.1, -0.05) is 36.4 Å². The molecule has 1 aliphatic rings. The van der Waals surface area contributed by atoms with Gasteiger partial charge < -0.3 is 15.5 Å². The Hall–Kier alpha value is -2.66. The number of piperidine rings is 1. The first-order valence-electron chi connectivity index (χ1n) is 10.0. The van der Waals surface area contributed by atoms with Crippen LogP contribution in [0.4, 0.5) is 5.69 Å². The van der Waals surface area contributed by atoms with Crippen LogP contribution < -0.4 is 15.5 Å². The molecule has 0 aromatic heterocycles. The Labute approximate surface area is 167 Å². The molecule has 3 rings (SSSR count). The molecule has 5 heteroatoms. The third-order valence-electron chi connectivity index (χ3n) is 5.47. The van der Waals surface area contributed by atoms with Crippen molar-refractivity contribution >= 4 is 17.5 Å². The molecule has 148 valence electrons. The Kier molecular flexibility index (Phi) is 6.82. The lowest BCUT2D eigenvalue weighted by molar-refractivity contribution is -0.897. The summed E-state index contributed by atoms with van der Waals surface area (Å²) in [6.07, 6.45) is 2.24. The first-order valence-corrected chi connectivity index (χ1v) is 10.0. The summed E-state index contributed by atoms with van der Waals surface area (Å²) in [4.78, 5) is 25.8. The second-order valence-corrected chi connectivity index (χ2v) is 7.78. The van der Waals surface area contributed by atoms with Crippen LogP contribution in [0.15, 0.2) is 48.5 Å². The molecule has 1 heterocycles. The molecular weight excluding hydrogens is 350 g/mol. The Morgan fingerprint density at radius 2 is 1.68 bits per heavy atom. The molecule has 0 radical (unpaired) electrons. The standard InChI is InChI=1S/C23H29N3O2/c1-17-8-9-21(14-18(17)2)25-23(28)16-26-12-10-20(11-13-26)24-22(27)15-19-6-4-3-5-7-19/h3-9,14,20H,10-13,15-16H2,1-2H3,(H,24,27)(H,25,28)/p+1. The van der Waals surface area contributed by atoms with Crippen molar-refractivity contribution in [3.63, 3.8) is 0 Å². The summed E-state index contributed by atoms with van der Waals surface area (Å²) in [5.74, 6) is 0.122. The van der Waals surface area contributed by atoms with Crippen molar-refractivity contribution in [3.05, 3.63) is 65.2 Å². The predicted octanol–water partition coefficient (Wildman–Crippen LogP) is 1.65. The fourth-order valence-corrected chi connectivity index (χ4v) is 3.66. The van der Waals surface area contributed by atoms with Crippen molar-refractivity contribution in [2.45, 2.75) is 39.2 Å². The van der Waals surface area contributed by atoms with Crippen LogP contribution in [-0.4, -0.2) is 37.5 Å². The highest BCUT2D eigenvalue weighted by Crippen LogP contribution is 2.13. The average molecular weight is 381 g/mol. The molecule has 0 spiro atoms. The minimum atomic E-state index is 0.0461. The van der Waals surface area contributed by atoms with Crippen LogP contribution in [0.25, 0.3) is 0 Å². The Bertz CT molecular complexity index is 812. The lowest BCUT2D eigenvalue weighted by atomic mass is 10.0. The van der Waals surface area contributed by atoms with E-state index < -0.39 is 0 Å². The Morgan fingerprint density at radius 1 is 0.964 bits per heavy atom. The highest BCUT2D eigenvalue weighted by atomic mass is 16.2. The second-order valence-electron chi connectivity index (χ2n) is 7.78. The number of anilines is 1. The monoisotopic (exact) mass is 380 g/mol. The van der Waals surface area contributed by atoms with E-state index in [0.29, 0.717) is 13.0 Å². The number of likely N-dealkylation sites (tertiary alicyclic amines) is 1. The summed E-state index contributed by atoms with van der Waals surface area (Å²) in [6.45, 7) is 6.38. The van der Waals surface area contributed by atoms with Gasteiger partial charge in [0.05, 0.1) is 19.5 Å². The van der Waals surface area contributed by atoms with Gasteiger partial charge in [-0.05, 0) is 42.7 Å². The summed E-state index contributed by atoms with van der Waals surface area (Å²) in [5.41, 5.74) is 4.29. The Balaban J connectivity index is 1.39. The van der Waals surface area contributed by atoms with Gasteiger partial charge in [0.25, 0.3) is 5.91 Å². The number of nitrogens with one attached hydrogen (secondary N) is 3. The molecule has 1 fully saturated rings. The second kappa shape index (κ2) is 9.51. The van der Waals surface area contributed by atoms with Crippen LogP contribution in [0.1, 0.15) is 29.5 Å². The number of amides is 2. The third-order valence-corrected chi connectivity index (χ3v) is 5.47. The van der Waals surface area contributed by atoms with Crippen molar-refractivity contribution in [3.8, 4) is 0 Å². The zero-order valence-electron chi connectivity index (χ0n) is 16.8. The van der Waals surface area contributed by atoms with Gasteiger partial charge in [0, 0.05) is 24.6 Å². The number of benzene rings is 2. The van der Waals surface area contributed by atoms with Crippen molar-refractivity contribution in [1.82, 2.24) is 5.32 Å². The van der Waals surface area contributed by atoms with E-state index >= 15 is 0 Å². The molecule has 3 N–H and O–H groups in total. The highest BCUT2D eigenvalue weighted by molar-refractivity contribution is 5.91. The van der Waals surface area contributed by atoms with Crippen molar-refractivity contribution < 1.29 is 14.5 Å². The lowest BCUT2D eigenvalue weighted by Crippen LogP contribution is -3.14. The molecule has 2 amide bonds. The molecule has 0 bridgehead atoms. The molecular formula is C23H30N3O2+. The SMILES string of the molecule is Cc1ccc(NC(=O)C[NH+]2CCC(NC(=O)Cc3ccccc3)CC2)cc1C. The van der Waals surface area contributed by atoms with Gasteiger partial charge in [-0.15, -0.1) is 0 Å². The van der Waals surface area contributed by atoms with Crippen molar-refractivity contribution in [2.24, 2.45) is 0 Å². The Morgan fingerprint density at radius 3 is 2.36 bits per heavy atom. The number of hydrogen-bond donors (Lipinski definition) is 3. The maximum absolute atomic E-state index is 12.3. The molecule has 1 saturated heterocycles. The number of aryl methyl sites for hydroxylation is 2. The molecule has 0 unspecified atom stereocenters. The normalized spacial score (nSPS) is 19.1. The molecule has 2 aromatic carbocycles. The quantitative estimate of drug-likeness (QED) is 0.714.